The molecule has 0 aliphatic heterocycles. The van der Waals surface area contributed by atoms with E-state index in [9.17, 15) is 0 Å². The first kappa shape index (κ1) is 13.7. The fraction of sp³-hybridized carbons (Fsp3) is 0.182. The lowest BCUT2D eigenvalue weighted by atomic mass is 9.95. The molecule has 0 saturated carbocycles. The van der Waals surface area contributed by atoms with Gasteiger partial charge >= 0.3 is 0 Å². The number of H-pyrrole nitrogens is 2. The molecule has 0 amide bonds. The van der Waals surface area contributed by atoms with Crippen LogP contribution in [0.1, 0.15) is 19.4 Å². The SMILES string of the molecule is CC(C)Cc1c2[nH]c3ccccc3c2cc2[nH]c3ccccc3c12. The molecule has 2 heteroatoms. The number of nitrogens with one attached hydrogen (secondary N) is 2. The van der Waals surface area contributed by atoms with Crippen molar-refractivity contribution in [2.75, 3.05) is 0 Å². The lowest BCUT2D eigenvalue weighted by molar-refractivity contribution is 0.652. The van der Waals surface area contributed by atoms with Crippen LogP contribution in [0.25, 0.3) is 43.6 Å². The largest absolute Gasteiger partial charge is 0.354 e. The van der Waals surface area contributed by atoms with Gasteiger partial charge in [0.25, 0.3) is 0 Å². The average molecular weight is 312 g/mol. The second kappa shape index (κ2) is 4.88. The summed E-state index contributed by atoms with van der Waals surface area (Å²) in [6, 6.07) is 19.5. The molecule has 118 valence electrons. The third-order valence-corrected chi connectivity index (χ3v) is 4.99. The first-order chi connectivity index (χ1) is 11.7. The third kappa shape index (κ3) is 1.83. The first-order valence-electron chi connectivity index (χ1n) is 8.65. The Hall–Kier alpha value is -2.74. The van der Waals surface area contributed by atoms with Crippen molar-refractivity contribution < 1.29 is 0 Å². The van der Waals surface area contributed by atoms with Crippen molar-refractivity contribution in [2.45, 2.75) is 20.3 Å². The summed E-state index contributed by atoms with van der Waals surface area (Å²) >= 11 is 0. The van der Waals surface area contributed by atoms with Gasteiger partial charge in [-0.1, -0.05) is 50.2 Å². The van der Waals surface area contributed by atoms with Gasteiger partial charge in [0.15, 0.2) is 0 Å². The van der Waals surface area contributed by atoms with E-state index >= 15 is 0 Å². The van der Waals surface area contributed by atoms with E-state index in [0.717, 1.165) is 6.42 Å². The van der Waals surface area contributed by atoms with Crippen molar-refractivity contribution in [2.24, 2.45) is 5.92 Å². The number of rotatable bonds is 2. The summed E-state index contributed by atoms with van der Waals surface area (Å²) < 4.78 is 0. The summed E-state index contributed by atoms with van der Waals surface area (Å²) in [6.45, 7) is 4.59. The topological polar surface area (TPSA) is 31.6 Å². The Morgan fingerprint density at radius 2 is 1.42 bits per heavy atom. The third-order valence-electron chi connectivity index (χ3n) is 4.99. The summed E-state index contributed by atoms with van der Waals surface area (Å²) in [5.74, 6) is 0.610. The Morgan fingerprint density at radius 1 is 0.750 bits per heavy atom. The van der Waals surface area contributed by atoms with Gasteiger partial charge < -0.3 is 9.97 Å². The minimum absolute atomic E-state index is 0.610. The van der Waals surface area contributed by atoms with Gasteiger partial charge in [-0.25, -0.2) is 0 Å². The molecule has 0 saturated heterocycles. The molecule has 24 heavy (non-hydrogen) atoms. The summed E-state index contributed by atoms with van der Waals surface area (Å²) in [7, 11) is 0. The number of benzene rings is 3. The smallest absolute Gasteiger partial charge is 0.0505 e. The van der Waals surface area contributed by atoms with Crippen LogP contribution in [0.5, 0.6) is 0 Å². The average Bonchev–Trinajstić information content (AvgIpc) is 3.12. The van der Waals surface area contributed by atoms with Crippen LogP contribution >= 0.6 is 0 Å². The summed E-state index contributed by atoms with van der Waals surface area (Å²) in [4.78, 5) is 7.31. The van der Waals surface area contributed by atoms with Gasteiger partial charge in [-0.15, -0.1) is 0 Å². The molecule has 5 aromatic rings. The summed E-state index contributed by atoms with van der Waals surface area (Å²) in [5.41, 5.74) is 6.40. The molecule has 0 unspecified atom stereocenters. The molecular weight excluding hydrogens is 292 g/mol. The van der Waals surface area contributed by atoms with E-state index in [1.807, 2.05) is 0 Å². The molecule has 2 N–H and O–H groups in total. The predicted octanol–water partition coefficient (Wildman–Crippen LogP) is 6.15. The summed E-state index contributed by atoms with van der Waals surface area (Å²) in [5, 5.41) is 5.32. The monoisotopic (exact) mass is 312 g/mol. The van der Waals surface area contributed by atoms with Crippen LogP contribution < -0.4 is 0 Å². The molecule has 0 radical (unpaired) electrons. The van der Waals surface area contributed by atoms with Crippen molar-refractivity contribution in [3.63, 3.8) is 0 Å². The zero-order valence-corrected chi connectivity index (χ0v) is 14.0. The highest BCUT2D eigenvalue weighted by Crippen LogP contribution is 2.37. The van der Waals surface area contributed by atoms with Crippen LogP contribution in [0.2, 0.25) is 0 Å². The molecule has 0 aliphatic carbocycles. The predicted molar refractivity (Wildman–Crippen MR) is 104 cm³/mol. The Morgan fingerprint density at radius 3 is 2.17 bits per heavy atom. The van der Waals surface area contributed by atoms with Gasteiger partial charge in [0.1, 0.15) is 0 Å². The van der Waals surface area contributed by atoms with E-state index in [4.69, 9.17) is 0 Å². The number of aromatic nitrogens is 2. The van der Waals surface area contributed by atoms with Crippen molar-refractivity contribution in [1.82, 2.24) is 9.97 Å². The minimum atomic E-state index is 0.610. The molecule has 0 aliphatic rings. The molecule has 2 nitrogen and oxygen atoms in total. The maximum Gasteiger partial charge on any atom is 0.0505 e. The molecule has 2 heterocycles. The Bertz CT molecular complexity index is 1200. The van der Waals surface area contributed by atoms with E-state index in [1.165, 1.54) is 49.2 Å². The molecule has 0 atom stereocenters. The number of aromatic amines is 2. The maximum absolute atomic E-state index is 3.68. The van der Waals surface area contributed by atoms with E-state index in [2.05, 4.69) is 78.4 Å². The van der Waals surface area contributed by atoms with Crippen LogP contribution in [0.4, 0.5) is 0 Å². The number of hydrogen-bond donors (Lipinski definition) is 2. The van der Waals surface area contributed by atoms with E-state index in [0.29, 0.717) is 5.92 Å². The van der Waals surface area contributed by atoms with Crippen LogP contribution in [0.3, 0.4) is 0 Å². The second-order valence-corrected chi connectivity index (χ2v) is 7.14. The maximum atomic E-state index is 3.68. The highest BCUT2D eigenvalue weighted by molar-refractivity contribution is 6.19. The number of para-hydroxylation sites is 2. The Kier molecular flexibility index (Phi) is 2.78. The number of hydrogen-bond acceptors (Lipinski definition) is 0. The molecular formula is C22H20N2. The zero-order chi connectivity index (χ0) is 16.3. The molecule has 0 bridgehead atoms. The Labute approximate surface area is 140 Å². The second-order valence-electron chi connectivity index (χ2n) is 7.14. The van der Waals surface area contributed by atoms with Crippen molar-refractivity contribution in [1.29, 1.82) is 0 Å². The minimum Gasteiger partial charge on any atom is -0.354 e. The van der Waals surface area contributed by atoms with Crippen LogP contribution in [-0.4, -0.2) is 9.97 Å². The van der Waals surface area contributed by atoms with E-state index in [-0.39, 0.29) is 0 Å². The molecule has 0 fully saturated rings. The normalized spacial score (nSPS) is 12.3. The van der Waals surface area contributed by atoms with Gasteiger partial charge in [0.2, 0.25) is 0 Å². The van der Waals surface area contributed by atoms with Crippen molar-refractivity contribution >= 4 is 43.6 Å². The fourth-order valence-corrected chi connectivity index (χ4v) is 4.03. The summed E-state index contributed by atoms with van der Waals surface area (Å²) in [6.07, 6.45) is 1.07. The van der Waals surface area contributed by atoms with E-state index in [1.54, 1.807) is 0 Å². The van der Waals surface area contributed by atoms with Gasteiger partial charge in [0, 0.05) is 38.1 Å². The molecule has 3 aromatic carbocycles. The van der Waals surface area contributed by atoms with Gasteiger partial charge in [-0.3, -0.25) is 0 Å². The standard InChI is InChI=1S/C22H20N2/c1-13(2)11-17-21-15-8-4-6-10-19(15)23-20(21)12-16-14-7-3-5-9-18(14)24-22(16)17/h3-10,12-13,23-24H,11H2,1-2H3. The quantitative estimate of drug-likeness (QED) is 0.391. The van der Waals surface area contributed by atoms with E-state index < -0.39 is 0 Å². The fourth-order valence-electron chi connectivity index (χ4n) is 4.03. The highest BCUT2D eigenvalue weighted by Gasteiger charge is 2.16. The van der Waals surface area contributed by atoms with Crippen LogP contribution in [0.15, 0.2) is 54.6 Å². The Balaban J connectivity index is 2.03. The zero-order valence-electron chi connectivity index (χ0n) is 14.0. The number of fused-ring (bicyclic) bond motifs is 6. The lowest BCUT2D eigenvalue weighted by Gasteiger charge is -2.09. The highest BCUT2D eigenvalue weighted by atomic mass is 14.7. The van der Waals surface area contributed by atoms with Gasteiger partial charge in [-0.05, 0) is 36.1 Å². The molecule has 2 aromatic heterocycles. The lowest BCUT2D eigenvalue weighted by Crippen LogP contribution is -1.96. The van der Waals surface area contributed by atoms with Gasteiger partial charge in [-0.2, -0.15) is 0 Å². The van der Waals surface area contributed by atoms with Crippen LogP contribution in [-0.2, 0) is 6.42 Å². The van der Waals surface area contributed by atoms with Crippen molar-refractivity contribution in [3.05, 3.63) is 60.2 Å². The van der Waals surface area contributed by atoms with Gasteiger partial charge in [0.05, 0.1) is 5.52 Å². The molecule has 5 rings (SSSR count). The van der Waals surface area contributed by atoms with Crippen LogP contribution in [0, 0.1) is 5.92 Å². The first-order valence-corrected chi connectivity index (χ1v) is 8.65. The van der Waals surface area contributed by atoms with Crippen molar-refractivity contribution in [3.8, 4) is 0 Å². The molecule has 0 spiro atoms.